The smallest absolute Gasteiger partial charge is 0.240 e. The number of likely N-dealkylation sites (N-methyl/N-ethyl adjacent to an activating group) is 1. The molecular weight excluding hydrogens is 352 g/mol. The molecule has 1 fully saturated rings. The Labute approximate surface area is 157 Å². The summed E-state index contributed by atoms with van der Waals surface area (Å²) in [7, 11) is 3.57. The number of amides is 1. The second kappa shape index (κ2) is 8.67. The molecule has 1 saturated carbocycles. The molecule has 0 aliphatic heterocycles. The number of benzene rings is 1. The van der Waals surface area contributed by atoms with Gasteiger partial charge in [0.25, 0.3) is 0 Å². The van der Waals surface area contributed by atoms with Crippen LogP contribution in [0, 0.1) is 0 Å². The van der Waals surface area contributed by atoms with Crippen LogP contribution in [0.2, 0.25) is 0 Å². The maximum atomic E-state index is 12.6. The van der Waals surface area contributed by atoms with Gasteiger partial charge in [-0.1, -0.05) is 72.7 Å². The average Bonchev–Trinajstić information content (AvgIpc) is 3.07. The molecule has 0 saturated heterocycles. The number of nitrogens with zero attached hydrogens (tertiary/aromatic N) is 3. The van der Waals surface area contributed by atoms with Crippen molar-refractivity contribution < 1.29 is 4.79 Å². The quantitative estimate of drug-likeness (QED) is 0.766. The molecule has 2 aromatic rings. The summed E-state index contributed by atoms with van der Waals surface area (Å²) in [6.07, 6.45) is 6.30. The van der Waals surface area contributed by atoms with E-state index in [-0.39, 0.29) is 11.2 Å². The van der Waals surface area contributed by atoms with E-state index in [1.807, 2.05) is 30.3 Å². The maximum Gasteiger partial charge on any atom is 0.240 e. The second-order valence-corrected chi connectivity index (χ2v) is 8.82. The molecule has 1 amide bonds. The molecule has 25 heavy (non-hydrogen) atoms. The standard InChI is InChI=1S/C18H24N4OS2/c1-22(2)16(23)15(13-9-5-3-6-10-13)24-18-21-20-17(25-18)19-14-11-7-4-8-12-14/h3,5-6,9-10,14-15H,4,7-8,11-12H2,1-2H3,(H,19,20). The summed E-state index contributed by atoms with van der Waals surface area (Å²) in [6.45, 7) is 0. The van der Waals surface area contributed by atoms with Crippen LogP contribution in [0.4, 0.5) is 5.13 Å². The summed E-state index contributed by atoms with van der Waals surface area (Å²) < 4.78 is 0.822. The molecule has 5 nitrogen and oxygen atoms in total. The summed E-state index contributed by atoms with van der Waals surface area (Å²) >= 11 is 3.01. The van der Waals surface area contributed by atoms with Crippen LogP contribution in [0.15, 0.2) is 34.7 Å². The van der Waals surface area contributed by atoms with Crippen LogP contribution >= 0.6 is 23.1 Å². The van der Waals surface area contributed by atoms with Crippen LogP contribution in [0.3, 0.4) is 0 Å². The summed E-state index contributed by atoms with van der Waals surface area (Å²) in [5.41, 5.74) is 0.989. The van der Waals surface area contributed by atoms with E-state index in [2.05, 4.69) is 15.5 Å². The minimum atomic E-state index is -0.299. The zero-order valence-electron chi connectivity index (χ0n) is 14.6. The van der Waals surface area contributed by atoms with Gasteiger partial charge < -0.3 is 10.2 Å². The third kappa shape index (κ3) is 4.95. The number of carbonyl (C=O) groups is 1. The Balaban J connectivity index is 1.70. The van der Waals surface area contributed by atoms with Gasteiger partial charge in [0.05, 0.1) is 0 Å². The summed E-state index contributed by atoms with van der Waals surface area (Å²) in [5.74, 6) is 0.0631. The van der Waals surface area contributed by atoms with Crippen LogP contribution in [0.1, 0.15) is 42.9 Å². The lowest BCUT2D eigenvalue weighted by atomic mass is 9.96. The molecule has 1 aliphatic carbocycles. The van der Waals surface area contributed by atoms with Gasteiger partial charge in [-0.2, -0.15) is 0 Å². The molecule has 1 N–H and O–H groups in total. The SMILES string of the molecule is CN(C)C(=O)C(Sc1nnc(NC2CCCCC2)s1)c1ccccc1. The summed E-state index contributed by atoms with van der Waals surface area (Å²) in [6, 6.07) is 10.4. The van der Waals surface area contributed by atoms with E-state index in [9.17, 15) is 4.79 Å². The van der Waals surface area contributed by atoms with Crippen molar-refractivity contribution >= 4 is 34.1 Å². The van der Waals surface area contributed by atoms with Crippen molar-refractivity contribution in [3.8, 4) is 0 Å². The highest BCUT2D eigenvalue weighted by atomic mass is 32.2. The van der Waals surface area contributed by atoms with E-state index in [0.29, 0.717) is 6.04 Å². The van der Waals surface area contributed by atoms with Gasteiger partial charge in [-0.3, -0.25) is 4.79 Å². The van der Waals surface area contributed by atoms with Gasteiger partial charge in [-0.05, 0) is 18.4 Å². The molecular formula is C18H24N4OS2. The number of thioether (sulfide) groups is 1. The fourth-order valence-electron chi connectivity index (χ4n) is 2.96. The number of aromatic nitrogens is 2. The summed E-state index contributed by atoms with van der Waals surface area (Å²) in [5, 5.41) is 12.6. The van der Waals surface area contributed by atoms with Crippen LogP contribution in [0.5, 0.6) is 0 Å². The van der Waals surface area contributed by atoms with Crippen molar-refractivity contribution in [2.45, 2.75) is 47.7 Å². The first kappa shape index (κ1) is 18.2. The normalized spacial score (nSPS) is 16.4. The van der Waals surface area contributed by atoms with Gasteiger partial charge >= 0.3 is 0 Å². The molecule has 0 bridgehead atoms. The molecule has 134 valence electrons. The molecule has 1 aromatic heterocycles. The van der Waals surface area contributed by atoms with E-state index in [1.165, 1.54) is 55.2 Å². The van der Waals surface area contributed by atoms with Gasteiger partial charge in [0.15, 0.2) is 4.34 Å². The van der Waals surface area contributed by atoms with E-state index >= 15 is 0 Å². The molecule has 7 heteroatoms. The molecule has 1 atom stereocenters. The Morgan fingerprint density at radius 2 is 1.92 bits per heavy atom. The first-order valence-corrected chi connectivity index (χ1v) is 10.4. The zero-order chi connectivity index (χ0) is 17.6. The van der Waals surface area contributed by atoms with Crippen molar-refractivity contribution in [2.75, 3.05) is 19.4 Å². The van der Waals surface area contributed by atoms with E-state index < -0.39 is 0 Å². The van der Waals surface area contributed by atoms with Crippen molar-refractivity contribution in [1.29, 1.82) is 0 Å². The van der Waals surface area contributed by atoms with Crippen molar-refractivity contribution in [3.63, 3.8) is 0 Å². The van der Waals surface area contributed by atoms with Crippen LogP contribution in [-0.4, -0.2) is 41.1 Å². The van der Waals surface area contributed by atoms with E-state index in [0.717, 1.165) is 15.0 Å². The lowest BCUT2D eigenvalue weighted by Gasteiger charge is -2.21. The third-order valence-corrected chi connectivity index (χ3v) is 6.51. The van der Waals surface area contributed by atoms with Crippen LogP contribution < -0.4 is 5.32 Å². The van der Waals surface area contributed by atoms with Gasteiger partial charge in [0.2, 0.25) is 11.0 Å². The third-order valence-electron chi connectivity index (χ3n) is 4.33. The molecule has 1 heterocycles. The molecule has 0 radical (unpaired) electrons. The number of hydrogen-bond acceptors (Lipinski definition) is 6. The Kier molecular flexibility index (Phi) is 6.31. The number of anilines is 1. The number of nitrogens with one attached hydrogen (secondary N) is 1. The monoisotopic (exact) mass is 376 g/mol. The average molecular weight is 377 g/mol. The molecule has 3 rings (SSSR count). The largest absolute Gasteiger partial charge is 0.357 e. The maximum absolute atomic E-state index is 12.6. The Morgan fingerprint density at radius 3 is 2.60 bits per heavy atom. The number of carbonyl (C=O) groups excluding carboxylic acids is 1. The molecule has 1 aromatic carbocycles. The van der Waals surface area contributed by atoms with Crippen molar-refractivity contribution in [1.82, 2.24) is 15.1 Å². The highest BCUT2D eigenvalue weighted by Gasteiger charge is 2.25. The van der Waals surface area contributed by atoms with Gasteiger partial charge in [0.1, 0.15) is 5.25 Å². The highest BCUT2D eigenvalue weighted by Crippen LogP contribution is 2.39. The predicted molar refractivity (Wildman–Crippen MR) is 104 cm³/mol. The van der Waals surface area contributed by atoms with Crippen molar-refractivity contribution in [3.05, 3.63) is 35.9 Å². The first-order chi connectivity index (χ1) is 12.1. The molecule has 0 spiro atoms. The van der Waals surface area contributed by atoms with Gasteiger partial charge in [-0.15, -0.1) is 10.2 Å². The van der Waals surface area contributed by atoms with Gasteiger partial charge in [-0.25, -0.2) is 0 Å². The van der Waals surface area contributed by atoms with Crippen LogP contribution in [0.25, 0.3) is 0 Å². The molecule has 1 aliphatic rings. The van der Waals surface area contributed by atoms with Crippen LogP contribution in [-0.2, 0) is 4.79 Å². The lowest BCUT2D eigenvalue weighted by molar-refractivity contribution is -0.128. The minimum absolute atomic E-state index is 0.0631. The second-order valence-electron chi connectivity index (χ2n) is 6.49. The van der Waals surface area contributed by atoms with Gasteiger partial charge in [0, 0.05) is 20.1 Å². The first-order valence-electron chi connectivity index (χ1n) is 8.66. The van der Waals surface area contributed by atoms with E-state index in [1.54, 1.807) is 19.0 Å². The lowest BCUT2D eigenvalue weighted by Crippen LogP contribution is -2.26. The Bertz CT molecular complexity index is 683. The topological polar surface area (TPSA) is 58.1 Å². The fourth-order valence-corrected chi connectivity index (χ4v) is 5.13. The molecule has 1 unspecified atom stereocenters. The zero-order valence-corrected chi connectivity index (χ0v) is 16.3. The highest BCUT2D eigenvalue weighted by molar-refractivity contribution is 8.01. The number of rotatable bonds is 6. The van der Waals surface area contributed by atoms with Crippen molar-refractivity contribution in [2.24, 2.45) is 0 Å². The van der Waals surface area contributed by atoms with E-state index in [4.69, 9.17) is 0 Å². The minimum Gasteiger partial charge on any atom is -0.357 e. The fraction of sp³-hybridized carbons (Fsp3) is 0.500. The summed E-state index contributed by atoms with van der Waals surface area (Å²) in [4.78, 5) is 14.2. The Hall–Kier alpha value is -1.60. The predicted octanol–water partition coefficient (Wildman–Crippen LogP) is 4.20. The number of hydrogen-bond donors (Lipinski definition) is 1. The Morgan fingerprint density at radius 1 is 1.20 bits per heavy atom.